The van der Waals surface area contributed by atoms with Crippen LogP contribution >= 0.6 is 0 Å². The zero-order chi connectivity index (χ0) is 35.8. The average molecular weight is 690 g/mol. The van der Waals surface area contributed by atoms with Gasteiger partial charge in [0.05, 0.1) is 0 Å². The Kier molecular flexibility index (Phi) is 7.96. The summed E-state index contributed by atoms with van der Waals surface area (Å²) in [6, 6.07) is 60.4. The van der Waals surface area contributed by atoms with E-state index in [1.807, 2.05) is 18.2 Å². The van der Waals surface area contributed by atoms with Gasteiger partial charge >= 0.3 is 0 Å². The zero-order valence-electron chi connectivity index (χ0n) is 29.7. The Labute approximate surface area is 314 Å². The summed E-state index contributed by atoms with van der Waals surface area (Å²) in [5, 5.41) is 7.68. The fourth-order valence-electron chi connectivity index (χ4n) is 7.82. The molecule has 0 bridgehead atoms. The van der Waals surface area contributed by atoms with Gasteiger partial charge in [0, 0.05) is 16.7 Å². The number of nitrogens with zero attached hydrogens (tertiary/aromatic N) is 3. The topological polar surface area (TPSA) is 38.7 Å². The van der Waals surface area contributed by atoms with Crippen LogP contribution in [-0.4, -0.2) is 15.0 Å². The lowest BCUT2D eigenvalue weighted by molar-refractivity contribution is 1.04. The summed E-state index contributed by atoms with van der Waals surface area (Å²) in [4.78, 5) is 15.2. The summed E-state index contributed by atoms with van der Waals surface area (Å²) in [6.45, 7) is 0. The largest absolute Gasteiger partial charge is 0.208 e. The molecule has 3 heteroatoms. The smallest absolute Gasteiger partial charge is 0.164 e. The minimum absolute atomic E-state index is 0.646. The van der Waals surface area contributed by atoms with E-state index in [-0.39, 0.29) is 0 Å². The first-order chi connectivity index (χ1) is 26.7. The monoisotopic (exact) mass is 689 g/mol. The van der Waals surface area contributed by atoms with Crippen molar-refractivity contribution in [3.05, 3.63) is 194 Å². The fraction of sp³-hybridized carbons (Fsp3) is 0.0392. The van der Waals surface area contributed by atoms with E-state index in [1.54, 1.807) is 0 Å². The molecule has 54 heavy (non-hydrogen) atoms. The molecule has 1 heterocycles. The van der Waals surface area contributed by atoms with Gasteiger partial charge in [0.15, 0.2) is 17.5 Å². The molecule has 1 aromatic heterocycles. The summed E-state index contributed by atoms with van der Waals surface area (Å²) < 4.78 is 0. The Bertz CT molecular complexity index is 2900. The normalized spacial score (nSPS) is 12.7. The maximum absolute atomic E-state index is 5.10. The van der Waals surface area contributed by atoms with Crippen molar-refractivity contribution >= 4 is 37.9 Å². The average Bonchev–Trinajstić information content (AvgIpc) is 3.27. The second-order valence-corrected chi connectivity index (χ2v) is 13.9. The molecule has 0 fully saturated rings. The SMILES string of the molecule is C1=CC(c2cccc(-c3nc(-c4ccccc4)nc(-c4cccc(-c5cccc(-c6ccc7c8ccccc8c8ccccc8c7c6)c5)c4)n3)c2)=CCC1. The van der Waals surface area contributed by atoms with Crippen LogP contribution in [0.5, 0.6) is 0 Å². The number of aromatic nitrogens is 3. The Morgan fingerprint density at radius 1 is 0.296 bits per heavy atom. The number of fused-ring (bicyclic) bond motifs is 6. The zero-order valence-corrected chi connectivity index (χ0v) is 29.7. The lowest BCUT2D eigenvalue weighted by atomic mass is 9.91. The first-order valence-corrected chi connectivity index (χ1v) is 18.6. The molecule has 0 saturated heterocycles. The van der Waals surface area contributed by atoms with Crippen molar-refractivity contribution in [2.45, 2.75) is 12.8 Å². The van der Waals surface area contributed by atoms with Gasteiger partial charge in [-0.1, -0.05) is 164 Å². The van der Waals surface area contributed by atoms with Crippen LogP contribution in [0.1, 0.15) is 18.4 Å². The van der Waals surface area contributed by atoms with Gasteiger partial charge in [-0.15, -0.1) is 0 Å². The highest BCUT2D eigenvalue weighted by atomic mass is 15.0. The summed E-state index contributed by atoms with van der Waals surface area (Å²) in [5.41, 5.74) is 9.87. The van der Waals surface area contributed by atoms with E-state index in [0.717, 1.165) is 40.7 Å². The summed E-state index contributed by atoms with van der Waals surface area (Å²) in [6.07, 6.45) is 8.89. The number of allylic oxidation sites excluding steroid dienone is 4. The van der Waals surface area contributed by atoms with E-state index in [2.05, 4.69) is 170 Å². The standard InChI is InChI=1S/C51H35N3/c1-3-14-34(15-4-1)36-18-12-22-41(31-36)50-52-49(35-16-5-2-6-17-35)53-51(54-50)42-23-13-21-39(32-42)37-19-11-20-38(30-37)40-28-29-47-45-26-8-7-24-43(45)44-25-9-10-27-46(44)48(47)33-40/h2-3,5-33H,1,4H2. The Balaban J connectivity index is 1.05. The van der Waals surface area contributed by atoms with Crippen molar-refractivity contribution in [3.63, 3.8) is 0 Å². The van der Waals surface area contributed by atoms with Gasteiger partial charge in [0.2, 0.25) is 0 Å². The van der Waals surface area contributed by atoms with Crippen molar-refractivity contribution < 1.29 is 0 Å². The highest BCUT2D eigenvalue weighted by Crippen LogP contribution is 2.38. The van der Waals surface area contributed by atoms with Crippen LogP contribution in [0, 0.1) is 0 Å². The van der Waals surface area contributed by atoms with Gasteiger partial charge in [-0.05, 0) is 103 Å². The lowest BCUT2D eigenvalue weighted by Crippen LogP contribution is -2.00. The van der Waals surface area contributed by atoms with E-state index in [4.69, 9.17) is 15.0 Å². The molecule has 1 aliphatic rings. The first kappa shape index (κ1) is 31.7. The van der Waals surface area contributed by atoms with Crippen molar-refractivity contribution in [3.8, 4) is 56.4 Å². The van der Waals surface area contributed by atoms with Crippen LogP contribution in [0.25, 0.3) is 94.3 Å². The van der Waals surface area contributed by atoms with Crippen LogP contribution in [-0.2, 0) is 0 Å². The van der Waals surface area contributed by atoms with Crippen molar-refractivity contribution in [1.82, 2.24) is 15.0 Å². The summed E-state index contributed by atoms with van der Waals surface area (Å²) in [5.74, 6) is 1.96. The molecule has 254 valence electrons. The van der Waals surface area contributed by atoms with Gasteiger partial charge in [-0.25, -0.2) is 15.0 Å². The first-order valence-electron chi connectivity index (χ1n) is 18.6. The van der Waals surface area contributed by atoms with E-state index >= 15 is 0 Å². The minimum Gasteiger partial charge on any atom is -0.208 e. The van der Waals surface area contributed by atoms with Crippen LogP contribution < -0.4 is 0 Å². The van der Waals surface area contributed by atoms with Crippen LogP contribution in [0.3, 0.4) is 0 Å². The molecule has 0 spiro atoms. The minimum atomic E-state index is 0.646. The second kappa shape index (κ2) is 13.5. The Morgan fingerprint density at radius 2 is 0.722 bits per heavy atom. The van der Waals surface area contributed by atoms with E-state index in [0.29, 0.717) is 17.5 Å². The van der Waals surface area contributed by atoms with Crippen LogP contribution in [0.15, 0.2) is 188 Å². The number of benzene rings is 8. The van der Waals surface area contributed by atoms with Crippen LogP contribution in [0.2, 0.25) is 0 Å². The maximum atomic E-state index is 5.10. The molecular formula is C51H35N3. The quantitative estimate of drug-likeness (QED) is 0.163. The van der Waals surface area contributed by atoms with Gasteiger partial charge in [0.25, 0.3) is 0 Å². The van der Waals surface area contributed by atoms with Crippen molar-refractivity contribution in [1.29, 1.82) is 0 Å². The molecule has 9 aromatic rings. The van der Waals surface area contributed by atoms with E-state index in [9.17, 15) is 0 Å². The summed E-state index contributed by atoms with van der Waals surface area (Å²) in [7, 11) is 0. The highest BCUT2D eigenvalue weighted by molar-refractivity contribution is 6.25. The van der Waals surface area contributed by atoms with Crippen molar-refractivity contribution in [2.24, 2.45) is 0 Å². The number of hydrogen-bond donors (Lipinski definition) is 0. The third-order valence-electron chi connectivity index (χ3n) is 10.5. The predicted molar refractivity (Wildman–Crippen MR) is 226 cm³/mol. The van der Waals surface area contributed by atoms with Crippen LogP contribution in [0.4, 0.5) is 0 Å². The molecule has 0 amide bonds. The molecule has 10 rings (SSSR count). The highest BCUT2D eigenvalue weighted by Gasteiger charge is 2.15. The third-order valence-corrected chi connectivity index (χ3v) is 10.5. The molecular weight excluding hydrogens is 655 g/mol. The number of hydrogen-bond acceptors (Lipinski definition) is 3. The second-order valence-electron chi connectivity index (χ2n) is 13.9. The van der Waals surface area contributed by atoms with Gasteiger partial charge in [0.1, 0.15) is 0 Å². The molecule has 0 N–H and O–H groups in total. The van der Waals surface area contributed by atoms with Gasteiger partial charge in [-0.2, -0.15) is 0 Å². The molecule has 0 atom stereocenters. The lowest BCUT2D eigenvalue weighted by Gasteiger charge is -2.13. The summed E-state index contributed by atoms with van der Waals surface area (Å²) >= 11 is 0. The molecule has 0 saturated carbocycles. The maximum Gasteiger partial charge on any atom is 0.164 e. The Morgan fingerprint density at radius 3 is 1.30 bits per heavy atom. The predicted octanol–water partition coefficient (Wildman–Crippen LogP) is 13.4. The van der Waals surface area contributed by atoms with Gasteiger partial charge < -0.3 is 0 Å². The molecule has 0 aliphatic heterocycles. The van der Waals surface area contributed by atoms with E-state index in [1.165, 1.54) is 54.6 Å². The van der Waals surface area contributed by atoms with Crippen molar-refractivity contribution in [2.75, 3.05) is 0 Å². The molecule has 8 aromatic carbocycles. The molecule has 0 radical (unpaired) electrons. The van der Waals surface area contributed by atoms with E-state index < -0.39 is 0 Å². The molecule has 0 unspecified atom stereocenters. The number of rotatable bonds is 6. The Hall–Kier alpha value is -6.97. The van der Waals surface area contributed by atoms with Gasteiger partial charge in [-0.3, -0.25) is 0 Å². The molecule has 1 aliphatic carbocycles. The fourth-order valence-corrected chi connectivity index (χ4v) is 7.82. The third kappa shape index (κ3) is 5.86. The molecule has 3 nitrogen and oxygen atoms in total.